The molecule has 0 aliphatic heterocycles. The van der Waals surface area contributed by atoms with Crippen molar-refractivity contribution in [2.45, 2.75) is 19.3 Å². The zero-order valence-electron chi connectivity index (χ0n) is 9.77. The normalized spacial score (nSPS) is 12.6. The van der Waals surface area contributed by atoms with Gasteiger partial charge in [0.15, 0.2) is 5.13 Å². The zero-order chi connectivity index (χ0) is 12.4. The van der Waals surface area contributed by atoms with E-state index in [1.807, 2.05) is 25.1 Å². The van der Waals surface area contributed by atoms with Crippen LogP contribution in [0.25, 0.3) is 10.2 Å². The lowest BCUT2D eigenvalue weighted by atomic mass is 9.96. The van der Waals surface area contributed by atoms with Gasteiger partial charge >= 0.3 is 5.97 Å². The summed E-state index contributed by atoms with van der Waals surface area (Å²) in [5, 5.41) is 0.545. The van der Waals surface area contributed by atoms with E-state index in [4.69, 9.17) is 10.5 Å². The van der Waals surface area contributed by atoms with Crippen molar-refractivity contribution in [3.8, 4) is 0 Å². The third-order valence-corrected chi connectivity index (χ3v) is 3.57. The lowest BCUT2D eigenvalue weighted by Gasteiger charge is -2.12. The molecule has 1 aromatic heterocycles. The van der Waals surface area contributed by atoms with Crippen molar-refractivity contribution < 1.29 is 9.53 Å². The molecule has 0 saturated carbocycles. The number of carbonyl (C=O) groups is 1. The summed E-state index contributed by atoms with van der Waals surface area (Å²) in [6.45, 7) is 1.97. The van der Waals surface area contributed by atoms with Gasteiger partial charge in [0, 0.05) is 0 Å². The number of anilines is 1. The van der Waals surface area contributed by atoms with Crippen molar-refractivity contribution >= 4 is 32.7 Å². The van der Waals surface area contributed by atoms with Crippen LogP contribution in [0.3, 0.4) is 0 Å². The number of rotatable bonds is 3. The van der Waals surface area contributed by atoms with Crippen LogP contribution >= 0.6 is 11.3 Å². The third-order valence-electron chi connectivity index (χ3n) is 2.73. The highest BCUT2D eigenvalue weighted by Crippen LogP contribution is 2.29. The van der Waals surface area contributed by atoms with Crippen LogP contribution < -0.4 is 5.73 Å². The molecule has 1 aromatic carbocycles. The lowest BCUT2D eigenvalue weighted by Crippen LogP contribution is -2.13. The standard InChI is InChI=1S/C12H14N2O2S/c1-3-8(11(15)16-2)7-4-5-9-10(6-7)17-12(13)14-9/h4-6,8H,3H2,1-2H3,(H2,13,14). The zero-order valence-corrected chi connectivity index (χ0v) is 10.6. The Morgan fingerprint density at radius 2 is 2.35 bits per heavy atom. The van der Waals surface area contributed by atoms with Crippen molar-refractivity contribution in [3.05, 3.63) is 23.8 Å². The molecular formula is C12H14N2O2S. The second-order valence-electron chi connectivity index (χ2n) is 3.76. The van der Waals surface area contributed by atoms with E-state index in [0.29, 0.717) is 11.6 Å². The van der Waals surface area contributed by atoms with Crippen molar-refractivity contribution in [1.82, 2.24) is 4.98 Å². The fourth-order valence-corrected chi connectivity index (χ4v) is 2.64. The average Bonchev–Trinajstić information content (AvgIpc) is 2.69. The first-order chi connectivity index (χ1) is 8.15. The number of benzene rings is 1. The van der Waals surface area contributed by atoms with E-state index in [2.05, 4.69) is 4.98 Å². The largest absolute Gasteiger partial charge is 0.469 e. The Hall–Kier alpha value is -1.62. The van der Waals surface area contributed by atoms with Gasteiger partial charge in [-0.2, -0.15) is 0 Å². The SMILES string of the molecule is CCC(C(=O)OC)c1ccc2nc(N)sc2c1. The van der Waals surface area contributed by atoms with E-state index in [9.17, 15) is 4.79 Å². The molecule has 17 heavy (non-hydrogen) atoms. The first kappa shape index (κ1) is 11.9. The maximum absolute atomic E-state index is 11.6. The van der Waals surface area contributed by atoms with Crippen LogP contribution in [0.5, 0.6) is 0 Å². The van der Waals surface area contributed by atoms with Crippen LogP contribution in [0.4, 0.5) is 5.13 Å². The Kier molecular flexibility index (Phi) is 3.28. The quantitative estimate of drug-likeness (QED) is 0.850. The number of hydrogen-bond donors (Lipinski definition) is 1. The van der Waals surface area contributed by atoms with Crippen LogP contribution in [0, 0.1) is 0 Å². The molecule has 90 valence electrons. The molecule has 0 fully saturated rings. The molecule has 0 bridgehead atoms. The van der Waals surface area contributed by atoms with Gasteiger partial charge in [-0.05, 0) is 24.1 Å². The number of hydrogen-bond acceptors (Lipinski definition) is 5. The fraction of sp³-hybridized carbons (Fsp3) is 0.333. The number of aromatic nitrogens is 1. The van der Waals surface area contributed by atoms with Crippen LogP contribution in [-0.2, 0) is 9.53 Å². The van der Waals surface area contributed by atoms with Crippen molar-refractivity contribution in [3.63, 3.8) is 0 Å². The topological polar surface area (TPSA) is 65.2 Å². The predicted molar refractivity (Wildman–Crippen MR) is 69.1 cm³/mol. The van der Waals surface area contributed by atoms with Gasteiger partial charge < -0.3 is 10.5 Å². The molecule has 0 radical (unpaired) electrons. The summed E-state index contributed by atoms with van der Waals surface area (Å²) in [5.41, 5.74) is 7.48. The smallest absolute Gasteiger partial charge is 0.313 e. The summed E-state index contributed by atoms with van der Waals surface area (Å²) in [7, 11) is 1.41. The number of ether oxygens (including phenoxy) is 1. The first-order valence-electron chi connectivity index (χ1n) is 5.39. The molecule has 1 atom stereocenters. The van der Waals surface area contributed by atoms with Crippen molar-refractivity contribution in [2.75, 3.05) is 12.8 Å². The Morgan fingerprint density at radius 3 is 3.00 bits per heavy atom. The Morgan fingerprint density at radius 1 is 1.59 bits per heavy atom. The van der Waals surface area contributed by atoms with Gasteiger partial charge in [-0.15, -0.1) is 0 Å². The molecule has 0 aliphatic rings. The summed E-state index contributed by atoms with van der Waals surface area (Å²) in [4.78, 5) is 15.8. The molecule has 0 spiro atoms. The van der Waals surface area contributed by atoms with Crippen LogP contribution in [0.2, 0.25) is 0 Å². The number of nitrogens with two attached hydrogens (primary N) is 1. The summed E-state index contributed by atoms with van der Waals surface area (Å²) < 4.78 is 5.80. The van der Waals surface area contributed by atoms with E-state index in [1.54, 1.807) is 0 Å². The fourth-order valence-electron chi connectivity index (χ4n) is 1.86. The highest BCUT2D eigenvalue weighted by Gasteiger charge is 2.19. The number of nitrogens with zero attached hydrogens (tertiary/aromatic N) is 1. The van der Waals surface area contributed by atoms with E-state index in [0.717, 1.165) is 15.8 Å². The second kappa shape index (κ2) is 4.71. The molecule has 2 rings (SSSR count). The number of fused-ring (bicyclic) bond motifs is 1. The number of thiazole rings is 1. The molecule has 2 N–H and O–H groups in total. The van der Waals surface area contributed by atoms with Crippen LogP contribution in [0.1, 0.15) is 24.8 Å². The van der Waals surface area contributed by atoms with Gasteiger partial charge in [-0.25, -0.2) is 4.98 Å². The van der Waals surface area contributed by atoms with Crippen LogP contribution in [-0.4, -0.2) is 18.1 Å². The van der Waals surface area contributed by atoms with Crippen LogP contribution in [0.15, 0.2) is 18.2 Å². The minimum atomic E-state index is -0.215. The summed E-state index contributed by atoms with van der Waals surface area (Å²) in [6.07, 6.45) is 0.715. The molecule has 0 saturated heterocycles. The van der Waals surface area contributed by atoms with Gasteiger partial charge in [0.1, 0.15) is 0 Å². The van der Waals surface area contributed by atoms with E-state index in [1.165, 1.54) is 18.4 Å². The monoisotopic (exact) mass is 250 g/mol. The molecule has 0 amide bonds. The molecule has 4 nitrogen and oxygen atoms in total. The molecule has 1 unspecified atom stereocenters. The maximum Gasteiger partial charge on any atom is 0.313 e. The van der Waals surface area contributed by atoms with Crippen molar-refractivity contribution in [1.29, 1.82) is 0 Å². The lowest BCUT2D eigenvalue weighted by molar-refractivity contribution is -0.142. The molecule has 2 aromatic rings. The molecule has 5 heteroatoms. The van der Waals surface area contributed by atoms with Crippen molar-refractivity contribution in [2.24, 2.45) is 0 Å². The third kappa shape index (κ3) is 2.24. The van der Waals surface area contributed by atoms with E-state index in [-0.39, 0.29) is 11.9 Å². The minimum Gasteiger partial charge on any atom is -0.469 e. The Balaban J connectivity index is 2.43. The van der Waals surface area contributed by atoms with Gasteiger partial charge in [0.2, 0.25) is 0 Å². The number of nitrogen functional groups attached to an aromatic ring is 1. The number of methoxy groups -OCH3 is 1. The van der Waals surface area contributed by atoms with Gasteiger partial charge in [-0.3, -0.25) is 4.79 Å². The Labute approximate surface area is 103 Å². The molecular weight excluding hydrogens is 236 g/mol. The van der Waals surface area contributed by atoms with Gasteiger partial charge in [0.25, 0.3) is 0 Å². The highest BCUT2D eigenvalue weighted by molar-refractivity contribution is 7.22. The molecule has 0 aliphatic carbocycles. The van der Waals surface area contributed by atoms with Gasteiger partial charge in [-0.1, -0.05) is 24.3 Å². The highest BCUT2D eigenvalue weighted by atomic mass is 32.1. The van der Waals surface area contributed by atoms with E-state index < -0.39 is 0 Å². The average molecular weight is 250 g/mol. The second-order valence-corrected chi connectivity index (χ2v) is 4.83. The maximum atomic E-state index is 11.6. The van der Waals surface area contributed by atoms with Gasteiger partial charge in [0.05, 0.1) is 23.2 Å². The first-order valence-corrected chi connectivity index (χ1v) is 6.21. The minimum absolute atomic E-state index is 0.204. The summed E-state index contributed by atoms with van der Waals surface area (Å²) in [6, 6.07) is 5.77. The molecule has 1 heterocycles. The Bertz CT molecular complexity index is 550. The van der Waals surface area contributed by atoms with E-state index >= 15 is 0 Å². The summed E-state index contributed by atoms with van der Waals surface area (Å²) >= 11 is 1.43. The number of carbonyl (C=O) groups excluding carboxylic acids is 1. The number of esters is 1. The summed E-state index contributed by atoms with van der Waals surface area (Å²) in [5.74, 6) is -0.419. The predicted octanol–water partition coefficient (Wildman–Crippen LogP) is 2.55.